The van der Waals surface area contributed by atoms with E-state index in [0.29, 0.717) is 61.6 Å². The number of amides is 2. The van der Waals surface area contributed by atoms with Gasteiger partial charge in [-0.3, -0.25) is 9.59 Å². The van der Waals surface area contributed by atoms with Crippen LogP contribution in [0.5, 0.6) is 0 Å². The van der Waals surface area contributed by atoms with E-state index in [4.69, 9.17) is 21.3 Å². The molecule has 2 aromatic heterocycles. The summed E-state index contributed by atoms with van der Waals surface area (Å²) in [5.74, 6) is 0.842. The van der Waals surface area contributed by atoms with Crippen molar-refractivity contribution in [3.8, 4) is 0 Å². The van der Waals surface area contributed by atoms with Gasteiger partial charge in [0.2, 0.25) is 11.7 Å². The maximum atomic E-state index is 14.2. The number of hydrogen-bond acceptors (Lipinski definition) is 7. The van der Waals surface area contributed by atoms with Crippen LogP contribution in [0.4, 0.5) is 29.3 Å². The van der Waals surface area contributed by atoms with Crippen LogP contribution in [0.1, 0.15) is 64.0 Å². The zero-order valence-corrected chi connectivity index (χ0v) is 27.4. The molecule has 0 radical (unpaired) electrons. The molecule has 47 heavy (non-hydrogen) atoms. The second-order valence-electron chi connectivity index (χ2n) is 13.3. The summed E-state index contributed by atoms with van der Waals surface area (Å²) in [5, 5.41) is 7.01. The maximum Gasteiger partial charge on any atom is 0.416 e. The number of benzene rings is 1. The molecule has 2 unspecified atom stereocenters. The van der Waals surface area contributed by atoms with Crippen LogP contribution in [0.2, 0.25) is 5.02 Å². The van der Waals surface area contributed by atoms with Gasteiger partial charge in [0.05, 0.1) is 22.0 Å². The molecule has 11 nitrogen and oxygen atoms in total. The van der Waals surface area contributed by atoms with E-state index in [0.717, 1.165) is 43.0 Å². The number of piperazine rings is 1. The van der Waals surface area contributed by atoms with Crippen LogP contribution in [0.25, 0.3) is 11.4 Å². The molecule has 3 aromatic rings. The quantitative estimate of drug-likeness (QED) is 0.360. The van der Waals surface area contributed by atoms with E-state index in [-0.39, 0.29) is 28.6 Å². The minimum atomic E-state index is -4.59. The van der Waals surface area contributed by atoms with Crippen molar-refractivity contribution in [3.05, 3.63) is 56.7 Å². The number of allylic oxidation sites excluding steroid dienone is 2. The maximum absolute atomic E-state index is 14.2. The number of carbonyl (C=O) groups is 2. The summed E-state index contributed by atoms with van der Waals surface area (Å²) in [6.07, 6.45) is 0.683. The number of alkyl halides is 3. The minimum absolute atomic E-state index is 0.0209. The number of nitrogens with one attached hydrogen (secondary N) is 1. The van der Waals surface area contributed by atoms with Crippen molar-refractivity contribution in [1.82, 2.24) is 24.1 Å². The first kappa shape index (κ1) is 32.9. The number of rotatable bonds is 6. The lowest BCUT2D eigenvalue weighted by Crippen LogP contribution is -2.51. The highest BCUT2D eigenvalue weighted by Crippen LogP contribution is 2.47. The molecule has 2 amide bonds. The van der Waals surface area contributed by atoms with Gasteiger partial charge in [-0.1, -0.05) is 24.6 Å². The lowest BCUT2D eigenvalue weighted by Gasteiger charge is -2.37. The Bertz CT molecular complexity index is 1820. The van der Waals surface area contributed by atoms with Gasteiger partial charge in [-0.15, -0.1) is 5.10 Å². The fourth-order valence-corrected chi connectivity index (χ4v) is 6.94. The van der Waals surface area contributed by atoms with Crippen molar-refractivity contribution < 1.29 is 27.5 Å². The van der Waals surface area contributed by atoms with Crippen molar-refractivity contribution in [3.63, 3.8) is 0 Å². The first-order valence-electron chi connectivity index (χ1n) is 15.8. The molecule has 0 spiro atoms. The van der Waals surface area contributed by atoms with Gasteiger partial charge in [0.25, 0.3) is 5.56 Å². The van der Waals surface area contributed by atoms with E-state index in [2.05, 4.69) is 16.5 Å². The number of carbonyl (C=O) groups excluding carboxylic acids is 2. The zero-order chi connectivity index (χ0) is 33.8. The van der Waals surface area contributed by atoms with Gasteiger partial charge in [-0.2, -0.15) is 22.7 Å². The molecule has 1 N–H and O–H groups in total. The fourth-order valence-electron chi connectivity index (χ4n) is 6.71. The van der Waals surface area contributed by atoms with Gasteiger partial charge >= 0.3 is 12.3 Å². The van der Waals surface area contributed by atoms with Crippen LogP contribution in [0.15, 0.2) is 29.1 Å². The van der Waals surface area contributed by atoms with E-state index in [1.54, 1.807) is 30.2 Å². The van der Waals surface area contributed by atoms with Crippen LogP contribution >= 0.6 is 11.6 Å². The molecule has 6 rings (SSSR count). The molecule has 2 fully saturated rings. The number of aromatic nitrogens is 4. The Balaban J connectivity index is 1.36. The number of hydrogen-bond donors (Lipinski definition) is 1. The monoisotopic (exact) mass is 675 g/mol. The Labute approximate surface area is 274 Å². The summed E-state index contributed by atoms with van der Waals surface area (Å²) in [4.78, 5) is 48.6. The minimum Gasteiger partial charge on any atom is -0.444 e. The van der Waals surface area contributed by atoms with Crippen LogP contribution in [0.3, 0.4) is 0 Å². The predicted octanol–water partition coefficient (Wildman–Crippen LogP) is 5.63. The van der Waals surface area contributed by atoms with Crippen molar-refractivity contribution in [1.29, 1.82) is 0 Å². The molecule has 2 bridgehead atoms. The lowest BCUT2D eigenvalue weighted by molar-refractivity contribution is -0.137. The highest BCUT2D eigenvalue weighted by atomic mass is 35.5. The second kappa shape index (κ2) is 12.2. The third kappa shape index (κ3) is 6.56. The Morgan fingerprint density at radius 1 is 1.11 bits per heavy atom. The number of ether oxygens (including phenoxy) is 1. The van der Waals surface area contributed by atoms with Gasteiger partial charge < -0.3 is 24.4 Å². The molecule has 2 aliphatic carbocycles. The summed E-state index contributed by atoms with van der Waals surface area (Å²) >= 11 is 6.12. The second-order valence-corrected chi connectivity index (χ2v) is 13.7. The summed E-state index contributed by atoms with van der Waals surface area (Å²) in [5.41, 5.74) is -0.0434. The Morgan fingerprint density at radius 2 is 1.83 bits per heavy atom. The molecule has 3 heterocycles. The van der Waals surface area contributed by atoms with E-state index in [1.165, 1.54) is 4.52 Å². The van der Waals surface area contributed by atoms with Gasteiger partial charge in [0.1, 0.15) is 17.8 Å². The number of fused-ring (bicyclic) bond motifs is 3. The smallest absolute Gasteiger partial charge is 0.416 e. The van der Waals surface area contributed by atoms with Gasteiger partial charge in [0, 0.05) is 26.2 Å². The van der Waals surface area contributed by atoms with Gasteiger partial charge in [0.15, 0.2) is 5.82 Å². The topological polar surface area (TPSA) is 114 Å². The van der Waals surface area contributed by atoms with Crippen LogP contribution in [0, 0.1) is 11.8 Å². The van der Waals surface area contributed by atoms with E-state index < -0.39 is 29.3 Å². The molecular weight excluding hydrogens is 639 g/mol. The zero-order valence-electron chi connectivity index (χ0n) is 26.7. The van der Waals surface area contributed by atoms with Crippen LogP contribution in [-0.2, 0) is 28.7 Å². The van der Waals surface area contributed by atoms with Crippen molar-refractivity contribution in [2.75, 3.05) is 36.4 Å². The molecule has 2 atom stereocenters. The highest BCUT2D eigenvalue weighted by Gasteiger charge is 2.36. The van der Waals surface area contributed by atoms with E-state index in [1.807, 2.05) is 11.8 Å². The van der Waals surface area contributed by atoms with E-state index in [9.17, 15) is 27.6 Å². The summed E-state index contributed by atoms with van der Waals surface area (Å²) in [7, 11) is 0. The normalized spacial score (nSPS) is 19.8. The Morgan fingerprint density at radius 3 is 2.40 bits per heavy atom. The number of nitrogens with zero attached hydrogens (tertiary/aromatic N) is 6. The molecule has 1 saturated heterocycles. The third-order valence-corrected chi connectivity index (χ3v) is 9.18. The molecule has 1 aromatic carbocycles. The Hall–Kier alpha value is -4.07. The average Bonchev–Trinajstić information content (AvgIpc) is 3.75. The summed E-state index contributed by atoms with van der Waals surface area (Å²) in [6.45, 7) is 8.28. The molecule has 1 aliphatic heterocycles. The standard InChI is InChI=1S/C32H37ClF3N7O4/c1-5-24-26(40-10-12-41(13-11-40)30(46)47-31(2,3)4)28(45)43-29(38-27(39-43)21-15-18-6-7-19(21)14-18)42(24)17-25(44)37-23-9-8-20(16-22(23)33)32(34,35)36/h8-9,15-16,18-19H,5-7,10-14,17H2,1-4H3,(H,37,44). The van der Waals surface area contributed by atoms with Crippen molar-refractivity contribution in [2.24, 2.45) is 11.8 Å². The van der Waals surface area contributed by atoms with Gasteiger partial charge in [-0.25, -0.2) is 4.79 Å². The lowest BCUT2D eigenvalue weighted by atomic mass is 9.98. The van der Waals surface area contributed by atoms with Gasteiger partial charge in [-0.05, 0) is 82.1 Å². The van der Waals surface area contributed by atoms with Crippen molar-refractivity contribution in [2.45, 2.75) is 71.7 Å². The van der Waals surface area contributed by atoms with Crippen LogP contribution < -0.4 is 15.8 Å². The average molecular weight is 676 g/mol. The molecule has 15 heteroatoms. The molecular formula is C32H37ClF3N7O4. The van der Waals surface area contributed by atoms with E-state index >= 15 is 0 Å². The Kier molecular flexibility index (Phi) is 8.52. The predicted molar refractivity (Wildman–Crippen MR) is 171 cm³/mol. The summed E-state index contributed by atoms with van der Waals surface area (Å²) in [6, 6.07) is 2.71. The largest absolute Gasteiger partial charge is 0.444 e. The molecule has 1 saturated carbocycles. The number of anilines is 2. The van der Waals surface area contributed by atoms with Crippen LogP contribution in [-0.4, -0.2) is 67.8 Å². The number of halogens is 4. The van der Waals surface area contributed by atoms with Crippen molar-refractivity contribution >= 4 is 46.3 Å². The summed E-state index contributed by atoms with van der Waals surface area (Å²) < 4.78 is 47.9. The first-order chi connectivity index (χ1) is 22.1. The first-order valence-corrected chi connectivity index (χ1v) is 16.1. The fraction of sp³-hybridized carbons (Fsp3) is 0.531. The third-order valence-electron chi connectivity index (χ3n) is 8.87. The SMILES string of the molecule is CCc1c(N2CCN(C(=O)OC(C)(C)C)CC2)c(=O)n2nc(C3=CC4CCC3C4)nc2n1CC(=O)Nc1ccc(C(F)(F)F)cc1Cl. The molecule has 252 valence electrons. The molecule has 3 aliphatic rings. The highest BCUT2D eigenvalue weighted by molar-refractivity contribution is 6.33.